The Kier molecular flexibility index (Phi) is 2.47. The number of nitriles is 1. The topological polar surface area (TPSA) is 75.5 Å². The van der Waals surface area contributed by atoms with Crippen molar-refractivity contribution in [3.05, 3.63) is 5.84 Å². The van der Waals surface area contributed by atoms with E-state index in [1.807, 2.05) is 0 Å². The summed E-state index contributed by atoms with van der Waals surface area (Å²) in [6.45, 7) is 0. The van der Waals surface area contributed by atoms with Gasteiger partial charge in [0.2, 0.25) is 6.19 Å². The average Bonchev–Trinajstić information content (AvgIpc) is 1.61. The van der Waals surface area contributed by atoms with Crippen LogP contribution >= 0.6 is 0 Å². The predicted molar refractivity (Wildman–Crippen MR) is 17.7 cm³/mol. The van der Waals surface area contributed by atoms with E-state index < -0.39 is 5.34 Å². The molecule has 1 N–H and O–H groups in total. The largest absolute Gasteiger partial charge is 0.531 e. The summed E-state index contributed by atoms with van der Waals surface area (Å²) in [5, 5.41) is 11.5. The molecule has 0 aliphatic heterocycles. The molecule has 7 heavy (non-hydrogen) atoms. The van der Waals surface area contributed by atoms with Gasteiger partial charge in [0.1, 0.15) is 0 Å². The first-order chi connectivity index (χ1) is 3.27. The minimum atomic E-state index is -0.802. The summed E-state index contributed by atoms with van der Waals surface area (Å²) >= 11 is 0. The smallest absolute Gasteiger partial charge is 0.227 e. The number of hydrogen-bond acceptors (Lipinski definition) is 3. The van der Waals surface area contributed by atoms with Crippen molar-refractivity contribution in [1.82, 2.24) is 5.34 Å². The molecule has 0 saturated carbocycles. The third-order valence-electron chi connectivity index (χ3n) is 0.168. The molecule has 0 atom stereocenters. The van der Waals surface area contributed by atoms with Gasteiger partial charge in [-0.05, 0) is 10.3 Å². The summed E-state index contributed by atoms with van der Waals surface area (Å²) in [4.78, 5) is 0. The second-order valence-electron chi connectivity index (χ2n) is 0.550. The Balaban J connectivity index is 3.31. The molecule has 0 aliphatic rings. The van der Waals surface area contributed by atoms with E-state index >= 15 is 0 Å². The lowest BCUT2D eigenvalue weighted by Gasteiger charge is -2.01. The number of rotatable bonds is 1. The molecular formula is CHFN5-. The van der Waals surface area contributed by atoms with Crippen LogP contribution in [0, 0.1) is 11.5 Å². The summed E-state index contributed by atoms with van der Waals surface area (Å²) in [5.74, 6) is 5.84. The van der Waals surface area contributed by atoms with Gasteiger partial charge < -0.3 is 5.84 Å². The minimum absolute atomic E-state index is 0.802. The molecular weight excluding hydrogens is 101 g/mol. The molecule has 0 bridgehead atoms. The van der Waals surface area contributed by atoms with Crippen LogP contribution in [0.1, 0.15) is 0 Å². The zero-order chi connectivity index (χ0) is 5.70. The summed E-state index contributed by atoms with van der Waals surface area (Å²) < 4.78 is 11.0. The first kappa shape index (κ1) is 5.78. The number of nitrogens with one attached hydrogen (secondary N) is 1. The molecule has 0 radical (unpaired) electrons. The van der Waals surface area contributed by atoms with Crippen molar-refractivity contribution in [3.8, 4) is 6.19 Å². The van der Waals surface area contributed by atoms with Gasteiger partial charge in [0.25, 0.3) is 0 Å². The van der Waals surface area contributed by atoms with Crippen molar-refractivity contribution in [2.24, 2.45) is 10.3 Å². The van der Waals surface area contributed by atoms with Gasteiger partial charge in [-0.2, -0.15) is 5.26 Å². The molecule has 0 aromatic heterocycles. The molecule has 0 unspecified atom stereocenters. The zero-order valence-electron chi connectivity index (χ0n) is 3.17. The van der Waals surface area contributed by atoms with E-state index in [-0.39, 0.29) is 0 Å². The fourth-order valence-corrected chi connectivity index (χ4v) is 0.0593. The van der Waals surface area contributed by atoms with Crippen molar-refractivity contribution in [2.45, 2.75) is 0 Å². The van der Waals surface area contributed by atoms with Crippen LogP contribution in [-0.2, 0) is 0 Å². The highest BCUT2D eigenvalue weighted by atomic mass is 19.2. The van der Waals surface area contributed by atoms with E-state index in [9.17, 15) is 4.48 Å². The highest BCUT2D eigenvalue weighted by Gasteiger charge is 1.67. The van der Waals surface area contributed by atoms with Gasteiger partial charge >= 0.3 is 0 Å². The van der Waals surface area contributed by atoms with Crippen LogP contribution in [0.15, 0.2) is 10.3 Å². The molecule has 0 aromatic rings. The van der Waals surface area contributed by atoms with Gasteiger partial charge in [-0.25, -0.2) is 5.34 Å². The second kappa shape index (κ2) is 2.99. The van der Waals surface area contributed by atoms with E-state index in [4.69, 9.17) is 11.1 Å². The Hall–Kier alpha value is -1.22. The highest BCUT2D eigenvalue weighted by Crippen LogP contribution is 1.85. The van der Waals surface area contributed by atoms with Crippen LogP contribution in [0.4, 0.5) is 4.48 Å². The van der Waals surface area contributed by atoms with Crippen molar-refractivity contribution in [1.29, 1.82) is 5.26 Å². The van der Waals surface area contributed by atoms with Crippen LogP contribution in [0.3, 0.4) is 0 Å². The lowest BCUT2D eigenvalue weighted by Crippen LogP contribution is -1.83. The lowest BCUT2D eigenvalue weighted by molar-refractivity contribution is 0.0836. The van der Waals surface area contributed by atoms with Gasteiger partial charge in [-0.15, -0.1) is 0 Å². The maximum Gasteiger partial charge on any atom is 0.227 e. The van der Waals surface area contributed by atoms with Crippen LogP contribution < -0.4 is 0 Å². The Morgan fingerprint density at radius 1 is 1.86 bits per heavy atom. The molecule has 0 aromatic carbocycles. The van der Waals surface area contributed by atoms with E-state index in [0.717, 1.165) is 6.19 Å². The van der Waals surface area contributed by atoms with Crippen molar-refractivity contribution in [3.63, 3.8) is 0 Å². The Morgan fingerprint density at radius 3 is 2.57 bits per heavy atom. The van der Waals surface area contributed by atoms with E-state index in [0.29, 0.717) is 0 Å². The number of nitrogens with zero attached hydrogens (tertiary/aromatic N) is 4. The van der Waals surface area contributed by atoms with Crippen molar-refractivity contribution in [2.75, 3.05) is 0 Å². The molecule has 0 saturated heterocycles. The molecule has 0 fully saturated rings. The van der Waals surface area contributed by atoms with Gasteiger partial charge in [0, 0.05) is 0 Å². The molecule has 0 aliphatic carbocycles. The molecule has 0 spiro atoms. The van der Waals surface area contributed by atoms with Gasteiger partial charge in [-0.1, -0.05) is 4.48 Å². The van der Waals surface area contributed by atoms with Crippen molar-refractivity contribution >= 4 is 0 Å². The predicted octanol–water partition coefficient (Wildman–Crippen LogP) is 0.988. The molecule has 38 valence electrons. The molecule has 0 heterocycles. The Labute approximate surface area is 38.7 Å². The lowest BCUT2D eigenvalue weighted by atomic mass is 11.4. The van der Waals surface area contributed by atoms with E-state index in [2.05, 4.69) is 10.3 Å². The second-order valence-corrected chi connectivity index (χ2v) is 0.550. The minimum Gasteiger partial charge on any atom is -0.531 e. The quantitative estimate of drug-likeness (QED) is 0.214. The third kappa shape index (κ3) is 4.78. The fraction of sp³-hybridized carbons (Fsp3) is 0. The van der Waals surface area contributed by atoms with Gasteiger partial charge in [-0.3, -0.25) is 0 Å². The van der Waals surface area contributed by atoms with E-state index in [1.54, 1.807) is 0 Å². The summed E-state index contributed by atoms with van der Waals surface area (Å²) in [7, 11) is 0. The normalized spacial score (nSPS) is 8.71. The van der Waals surface area contributed by atoms with Crippen LogP contribution in [0.25, 0.3) is 5.84 Å². The molecule has 5 nitrogen and oxygen atoms in total. The average molecular weight is 102 g/mol. The summed E-state index contributed by atoms with van der Waals surface area (Å²) in [6.07, 6.45) is 1.16. The molecule has 6 heteroatoms. The fourth-order valence-electron chi connectivity index (χ4n) is 0.0593. The molecule has 0 rings (SSSR count). The van der Waals surface area contributed by atoms with Gasteiger partial charge in [0.05, 0.1) is 0 Å². The third-order valence-corrected chi connectivity index (χ3v) is 0.168. The Bertz CT molecular complexity index is 99.1. The SMILES string of the molecule is N#CN=NN([NH-])F. The molecule has 0 amide bonds. The van der Waals surface area contributed by atoms with Crippen LogP contribution in [-0.4, -0.2) is 5.34 Å². The van der Waals surface area contributed by atoms with Crippen molar-refractivity contribution < 1.29 is 4.48 Å². The maximum atomic E-state index is 11.0. The van der Waals surface area contributed by atoms with E-state index in [1.165, 1.54) is 0 Å². The summed E-state index contributed by atoms with van der Waals surface area (Å²) in [6, 6.07) is 0. The highest BCUT2D eigenvalue weighted by molar-refractivity contribution is 4.56. The standard InChI is InChI=1S/CHFN5/c2-7(4)6-5-1-3/h4H/q-1. The number of halogens is 1. The van der Waals surface area contributed by atoms with Crippen LogP contribution in [0.5, 0.6) is 0 Å². The first-order valence-corrected chi connectivity index (χ1v) is 1.24. The Morgan fingerprint density at radius 2 is 2.43 bits per heavy atom. The van der Waals surface area contributed by atoms with Crippen LogP contribution in [0.2, 0.25) is 0 Å². The zero-order valence-corrected chi connectivity index (χ0v) is 3.17. The first-order valence-electron chi connectivity index (χ1n) is 1.24. The summed E-state index contributed by atoms with van der Waals surface area (Å²) in [5.41, 5.74) is 0. The maximum absolute atomic E-state index is 11.0. The van der Waals surface area contributed by atoms with Gasteiger partial charge in [0.15, 0.2) is 0 Å². The number of hydrogen-bond donors (Lipinski definition) is 0. The monoisotopic (exact) mass is 102 g/mol.